The molecule has 0 rings (SSSR count). The Morgan fingerprint density at radius 1 is 1.38 bits per heavy atom. The van der Waals surface area contributed by atoms with Crippen molar-refractivity contribution >= 4 is 0 Å². The predicted molar refractivity (Wildman–Crippen MR) is 35.8 cm³/mol. The molecule has 0 radical (unpaired) electrons. The summed E-state index contributed by atoms with van der Waals surface area (Å²) in [6.07, 6.45) is 6.50. The molecule has 44 valence electrons. The van der Waals surface area contributed by atoms with Gasteiger partial charge in [0, 0.05) is 5.70 Å². The summed E-state index contributed by atoms with van der Waals surface area (Å²) in [4.78, 5) is 0. The molecule has 2 nitrogen and oxygen atoms in total. The van der Waals surface area contributed by atoms with Gasteiger partial charge in [-0.15, -0.1) is 0 Å². The quantitative estimate of drug-likeness (QED) is 0.508. The van der Waals surface area contributed by atoms with Crippen LogP contribution in [0.5, 0.6) is 0 Å². The molecule has 8 heavy (non-hydrogen) atoms. The van der Waals surface area contributed by atoms with E-state index in [1.54, 1.807) is 18.2 Å². The molecule has 0 aliphatic carbocycles. The van der Waals surface area contributed by atoms with Gasteiger partial charge in [0.15, 0.2) is 0 Å². The molecule has 0 aromatic carbocycles. The van der Waals surface area contributed by atoms with E-state index in [9.17, 15) is 0 Å². The highest BCUT2D eigenvalue weighted by molar-refractivity contribution is 5.15. The first-order valence-electron chi connectivity index (χ1n) is 2.26. The molecule has 0 amide bonds. The van der Waals surface area contributed by atoms with Crippen LogP contribution in [0.3, 0.4) is 0 Å². The van der Waals surface area contributed by atoms with E-state index in [2.05, 4.69) is 6.58 Å². The fourth-order valence-corrected chi connectivity index (χ4v) is 0.243. The molecule has 0 aliphatic rings. The first-order valence-corrected chi connectivity index (χ1v) is 2.26. The van der Waals surface area contributed by atoms with Gasteiger partial charge in [0.25, 0.3) is 0 Å². The van der Waals surface area contributed by atoms with Gasteiger partial charge < -0.3 is 11.5 Å². The van der Waals surface area contributed by atoms with Gasteiger partial charge in [-0.1, -0.05) is 12.7 Å². The number of rotatable bonds is 2. The summed E-state index contributed by atoms with van der Waals surface area (Å²) >= 11 is 0. The maximum Gasteiger partial charge on any atom is 0.0240 e. The molecular formula is C6H10N2. The van der Waals surface area contributed by atoms with E-state index in [4.69, 9.17) is 11.5 Å². The molecule has 0 saturated heterocycles. The maximum atomic E-state index is 5.18. The second kappa shape index (κ2) is 3.99. The Balaban J connectivity index is 3.50. The normalized spacial score (nSPS) is 11.0. The minimum atomic E-state index is 0.531. The summed E-state index contributed by atoms with van der Waals surface area (Å²) in [6, 6.07) is 0. The zero-order valence-corrected chi connectivity index (χ0v) is 4.67. The van der Waals surface area contributed by atoms with E-state index in [0.29, 0.717) is 5.70 Å². The molecule has 0 bridgehead atoms. The van der Waals surface area contributed by atoms with Crippen molar-refractivity contribution in [3.63, 3.8) is 0 Å². The first kappa shape index (κ1) is 6.82. The average molecular weight is 110 g/mol. The van der Waals surface area contributed by atoms with E-state index in [-0.39, 0.29) is 0 Å². The summed E-state index contributed by atoms with van der Waals surface area (Å²) in [5, 5.41) is 0. The highest BCUT2D eigenvalue weighted by atomic mass is 14.5. The molecule has 0 aromatic rings. The topological polar surface area (TPSA) is 52.0 Å². The van der Waals surface area contributed by atoms with Crippen LogP contribution in [0.1, 0.15) is 0 Å². The van der Waals surface area contributed by atoms with Crippen LogP contribution in [0, 0.1) is 0 Å². The summed E-state index contributed by atoms with van der Waals surface area (Å²) in [5.41, 5.74) is 10.7. The van der Waals surface area contributed by atoms with Crippen molar-refractivity contribution in [2.45, 2.75) is 0 Å². The minimum Gasteiger partial charge on any atom is -0.405 e. The predicted octanol–water partition coefficient (Wildman–Crippen LogP) is 0.487. The van der Waals surface area contributed by atoms with Crippen LogP contribution in [-0.4, -0.2) is 0 Å². The Kier molecular flexibility index (Phi) is 3.40. The van der Waals surface area contributed by atoms with Crippen molar-refractivity contribution in [3.8, 4) is 0 Å². The van der Waals surface area contributed by atoms with E-state index < -0.39 is 0 Å². The van der Waals surface area contributed by atoms with Crippen LogP contribution in [0.4, 0.5) is 0 Å². The molecule has 4 N–H and O–H groups in total. The molecular weight excluding hydrogens is 100 g/mol. The molecule has 0 unspecified atom stereocenters. The lowest BCUT2D eigenvalue weighted by atomic mass is 10.4. The second-order valence-corrected chi connectivity index (χ2v) is 1.32. The van der Waals surface area contributed by atoms with Gasteiger partial charge in [-0.3, -0.25) is 0 Å². The minimum absolute atomic E-state index is 0.531. The van der Waals surface area contributed by atoms with E-state index in [0.717, 1.165) is 0 Å². The Bertz CT molecular complexity index is 122. The molecule has 0 atom stereocenters. The van der Waals surface area contributed by atoms with Crippen molar-refractivity contribution in [2.75, 3.05) is 0 Å². The lowest BCUT2D eigenvalue weighted by Crippen LogP contribution is -1.87. The van der Waals surface area contributed by atoms with Crippen molar-refractivity contribution < 1.29 is 0 Å². The van der Waals surface area contributed by atoms with Gasteiger partial charge in [0.2, 0.25) is 0 Å². The third kappa shape index (κ3) is 4.82. The third-order valence-electron chi connectivity index (χ3n) is 0.533. The highest BCUT2D eigenvalue weighted by Crippen LogP contribution is 1.79. The summed E-state index contributed by atoms with van der Waals surface area (Å²) < 4.78 is 0. The van der Waals surface area contributed by atoms with Crippen LogP contribution in [0.15, 0.2) is 36.7 Å². The fraction of sp³-hybridized carbons (Fsp3) is 0. The number of nitrogens with two attached hydrogens (primary N) is 2. The maximum absolute atomic E-state index is 5.18. The van der Waals surface area contributed by atoms with Gasteiger partial charge in [0.05, 0.1) is 0 Å². The summed E-state index contributed by atoms with van der Waals surface area (Å²) in [7, 11) is 0. The molecule has 0 fully saturated rings. The van der Waals surface area contributed by atoms with Crippen LogP contribution < -0.4 is 11.5 Å². The highest BCUT2D eigenvalue weighted by Gasteiger charge is 1.66. The molecule has 0 spiro atoms. The Hall–Kier alpha value is -1.18. The molecule has 0 heterocycles. The van der Waals surface area contributed by atoms with Gasteiger partial charge >= 0.3 is 0 Å². The SMILES string of the molecule is C=C(N)/C=C\C=C\N. The van der Waals surface area contributed by atoms with E-state index in [1.165, 1.54) is 6.20 Å². The largest absolute Gasteiger partial charge is 0.405 e. The summed E-state index contributed by atoms with van der Waals surface area (Å²) in [5.74, 6) is 0. The monoisotopic (exact) mass is 110 g/mol. The lowest BCUT2D eigenvalue weighted by molar-refractivity contribution is 1.45. The molecule has 2 heteroatoms. The van der Waals surface area contributed by atoms with Crippen molar-refractivity contribution in [1.29, 1.82) is 0 Å². The first-order chi connectivity index (χ1) is 3.77. The van der Waals surface area contributed by atoms with Gasteiger partial charge in [-0.05, 0) is 18.4 Å². The van der Waals surface area contributed by atoms with E-state index in [1.807, 2.05) is 0 Å². The summed E-state index contributed by atoms with van der Waals surface area (Å²) in [6.45, 7) is 3.44. The Morgan fingerprint density at radius 3 is 2.38 bits per heavy atom. The number of allylic oxidation sites excluding steroid dienone is 3. The van der Waals surface area contributed by atoms with Crippen molar-refractivity contribution in [3.05, 3.63) is 36.7 Å². The lowest BCUT2D eigenvalue weighted by Gasteiger charge is -1.79. The van der Waals surface area contributed by atoms with Crippen LogP contribution >= 0.6 is 0 Å². The van der Waals surface area contributed by atoms with Gasteiger partial charge in [-0.25, -0.2) is 0 Å². The smallest absolute Gasteiger partial charge is 0.0240 e. The zero-order chi connectivity index (χ0) is 6.41. The Labute approximate surface area is 49.2 Å². The third-order valence-corrected chi connectivity index (χ3v) is 0.533. The molecule has 0 aromatic heterocycles. The van der Waals surface area contributed by atoms with Gasteiger partial charge in [0.1, 0.15) is 0 Å². The average Bonchev–Trinajstić information content (AvgIpc) is 1.66. The van der Waals surface area contributed by atoms with Crippen LogP contribution in [-0.2, 0) is 0 Å². The van der Waals surface area contributed by atoms with Crippen LogP contribution in [0.2, 0.25) is 0 Å². The van der Waals surface area contributed by atoms with Crippen molar-refractivity contribution in [1.82, 2.24) is 0 Å². The molecule has 0 aliphatic heterocycles. The van der Waals surface area contributed by atoms with Crippen molar-refractivity contribution in [2.24, 2.45) is 11.5 Å². The van der Waals surface area contributed by atoms with E-state index >= 15 is 0 Å². The number of hydrogen-bond donors (Lipinski definition) is 2. The fourth-order valence-electron chi connectivity index (χ4n) is 0.243. The standard InChI is InChI=1S/C6H10N2/c1-6(8)4-2-3-5-7/h2-5H,1,7-8H2/b4-2-,5-3+. The van der Waals surface area contributed by atoms with Crippen LogP contribution in [0.25, 0.3) is 0 Å². The number of hydrogen-bond acceptors (Lipinski definition) is 2. The second-order valence-electron chi connectivity index (χ2n) is 1.32. The molecule has 0 saturated carbocycles. The zero-order valence-electron chi connectivity index (χ0n) is 4.67. The van der Waals surface area contributed by atoms with Gasteiger partial charge in [-0.2, -0.15) is 0 Å². The Morgan fingerprint density at radius 2 is 2.00 bits per heavy atom.